The summed E-state index contributed by atoms with van der Waals surface area (Å²) in [5, 5.41) is -0.303. The number of carbonyl (C=O) groups excluding carboxylic acids is 2. The van der Waals surface area contributed by atoms with Gasteiger partial charge in [0.25, 0.3) is 0 Å². The summed E-state index contributed by atoms with van der Waals surface area (Å²) in [6, 6.07) is 0. The van der Waals surface area contributed by atoms with Crippen LogP contribution < -0.4 is 0 Å². The first kappa shape index (κ1) is 12.5. The number of likely N-dealkylation sites (tertiary alicyclic amines) is 1. The van der Waals surface area contributed by atoms with Crippen LogP contribution >= 0.6 is 11.6 Å². The standard InChI is InChI=1S/C11H18ClNO2/c1-2-3-6-10(14)13-7-4-5-9(8-13)11(12)15/h9H,2-8H2,1H3. The van der Waals surface area contributed by atoms with Gasteiger partial charge in [-0.15, -0.1) is 0 Å². The van der Waals surface area contributed by atoms with Crippen molar-refractivity contribution in [3.8, 4) is 0 Å². The first-order valence-electron chi connectivity index (χ1n) is 5.62. The number of amides is 1. The Labute approximate surface area is 95.8 Å². The zero-order valence-corrected chi connectivity index (χ0v) is 9.92. The van der Waals surface area contributed by atoms with Crippen LogP contribution in [0.1, 0.15) is 39.0 Å². The Bertz CT molecular complexity index is 243. The van der Waals surface area contributed by atoms with Crippen molar-refractivity contribution in [3.05, 3.63) is 0 Å². The third kappa shape index (κ3) is 3.82. The lowest BCUT2D eigenvalue weighted by Gasteiger charge is -2.31. The number of unbranched alkanes of at least 4 members (excludes halogenated alkanes) is 1. The third-order valence-electron chi connectivity index (χ3n) is 2.84. The molecule has 1 fully saturated rings. The van der Waals surface area contributed by atoms with Crippen LogP contribution in [0.25, 0.3) is 0 Å². The van der Waals surface area contributed by atoms with Crippen molar-refractivity contribution in [2.75, 3.05) is 13.1 Å². The van der Waals surface area contributed by atoms with Crippen LogP contribution in [0.5, 0.6) is 0 Å². The molecule has 1 unspecified atom stereocenters. The number of hydrogen-bond donors (Lipinski definition) is 0. The Balaban J connectivity index is 2.41. The number of piperidine rings is 1. The quantitative estimate of drug-likeness (QED) is 0.696. The molecule has 0 spiro atoms. The second-order valence-electron chi connectivity index (χ2n) is 4.09. The van der Waals surface area contributed by atoms with E-state index in [0.29, 0.717) is 13.0 Å². The van der Waals surface area contributed by atoms with Crippen LogP contribution in [0.15, 0.2) is 0 Å². The predicted octanol–water partition coefficient (Wildman–Crippen LogP) is 2.18. The summed E-state index contributed by atoms with van der Waals surface area (Å²) in [5.41, 5.74) is 0. The van der Waals surface area contributed by atoms with E-state index in [0.717, 1.165) is 32.2 Å². The number of carbonyl (C=O) groups is 2. The van der Waals surface area contributed by atoms with E-state index in [4.69, 9.17) is 11.6 Å². The Hall–Kier alpha value is -0.570. The van der Waals surface area contributed by atoms with Gasteiger partial charge >= 0.3 is 0 Å². The number of hydrogen-bond acceptors (Lipinski definition) is 2. The maximum atomic E-state index is 11.7. The van der Waals surface area contributed by atoms with E-state index in [1.807, 2.05) is 0 Å². The average molecular weight is 232 g/mol. The van der Waals surface area contributed by atoms with Gasteiger partial charge in [0.1, 0.15) is 0 Å². The molecule has 0 N–H and O–H groups in total. The van der Waals surface area contributed by atoms with Crippen LogP contribution in [0.3, 0.4) is 0 Å². The highest BCUT2D eigenvalue weighted by atomic mass is 35.5. The highest BCUT2D eigenvalue weighted by Crippen LogP contribution is 2.19. The summed E-state index contributed by atoms with van der Waals surface area (Å²) in [4.78, 5) is 24.5. The van der Waals surface area contributed by atoms with Crippen LogP contribution in [0, 0.1) is 5.92 Å². The Morgan fingerprint density at radius 1 is 1.47 bits per heavy atom. The van der Waals surface area contributed by atoms with Gasteiger partial charge in [0.15, 0.2) is 0 Å². The number of rotatable bonds is 4. The molecular weight excluding hydrogens is 214 g/mol. The van der Waals surface area contributed by atoms with E-state index in [1.165, 1.54) is 0 Å². The first-order valence-corrected chi connectivity index (χ1v) is 6.00. The fourth-order valence-corrected chi connectivity index (χ4v) is 2.05. The minimum Gasteiger partial charge on any atom is -0.342 e. The molecule has 1 rings (SSSR count). The fourth-order valence-electron chi connectivity index (χ4n) is 1.88. The lowest BCUT2D eigenvalue weighted by Crippen LogP contribution is -2.41. The highest BCUT2D eigenvalue weighted by molar-refractivity contribution is 6.64. The van der Waals surface area contributed by atoms with E-state index < -0.39 is 0 Å². The Morgan fingerprint density at radius 3 is 2.80 bits per heavy atom. The van der Waals surface area contributed by atoms with Gasteiger partial charge in [0.05, 0.1) is 5.92 Å². The van der Waals surface area contributed by atoms with Crippen molar-refractivity contribution < 1.29 is 9.59 Å². The summed E-state index contributed by atoms with van der Waals surface area (Å²) in [5.74, 6) is 0.0189. The van der Waals surface area contributed by atoms with Crippen molar-refractivity contribution in [1.29, 1.82) is 0 Å². The lowest BCUT2D eigenvalue weighted by atomic mass is 9.99. The summed E-state index contributed by atoms with van der Waals surface area (Å²) < 4.78 is 0. The Kier molecular flexibility index (Phi) is 5.09. The fraction of sp³-hybridized carbons (Fsp3) is 0.818. The zero-order chi connectivity index (χ0) is 11.3. The van der Waals surface area contributed by atoms with E-state index >= 15 is 0 Å². The molecule has 0 aromatic heterocycles. The van der Waals surface area contributed by atoms with Crippen LogP contribution in [-0.2, 0) is 9.59 Å². The van der Waals surface area contributed by atoms with Gasteiger partial charge in [-0.2, -0.15) is 0 Å². The number of halogens is 1. The van der Waals surface area contributed by atoms with Crippen LogP contribution in [0.2, 0.25) is 0 Å². The van der Waals surface area contributed by atoms with Gasteiger partial charge in [-0.05, 0) is 30.9 Å². The summed E-state index contributed by atoms with van der Waals surface area (Å²) in [6.07, 6.45) is 4.26. The van der Waals surface area contributed by atoms with E-state index in [2.05, 4.69) is 6.92 Å². The lowest BCUT2D eigenvalue weighted by molar-refractivity contribution is -0.134. The summed E-state index contributed by atoms with van der Waals surface area (Å²) in [6.45, 7) is 3.36. The van der Waals surface area contributed by atoms with Crippen molar-refractivity contribution in [3.63, 3.8) is 0 Å². The predicted molar refractivity (Wildman–Crippen MR) is 59.7 cm³/mol. The number of nitrogens with zero attached hydrogens (tertiary/aromatic N) is 1. The highest BCUT2D eigenvalue weighted by Gasteiger charge is 2.26. The van der Waals surface area contributed by atoms with Crippen molar-refractivity contribution in [2.45, 2.75) is 39.0 Å². The smallest absolute Gasteiger partial charge is 0.226 e. The summed E-state index contributed by atoms with van der Waals surface area (Å²) >= 11 is 5.45. The molecule has 0 aromatic carbocycles. The molecule has 1 amide bonds. The van der Waals surface area contributed by atoms with E-state index in [9.17, 15) is 9.59 Å². The van der Waals surface area contributed by atoms with Gasteiger partial charge in [-0.1, -0.05) is 13.3 Å². The normalized spacial score (nSPS) is 21.5. The minimum atomic E-state index is -0.303. The third-order valence-corrected chi connectivity index (χ3v) is 3.15. The van der Waals surface area contributed by atoms with E-state index in [-0.39, 0.29) is 17.1 Å². The molecule has 0 radical (unpaired) electrons. The maximum Gasteiger partial charge on any atom is 0.226 e. The van der Waals surface area contributed by atoms with Gasteiger partial charge < -0.3 is 4.90 Å². The molecule has 0 aromatic rings. The maximum absolute atomic E-state index is 11.7. The average Bonchev–Trinajstić information content (AvgIpc) is 2.26. The molecular formula is C11H18ClNO2. The minimum absolute atomic E-state index is 0.147. The molecule has 0 saturated carbocycles. The van der Waals surface area contributed by atoms with Gasteiger partial charge in [0.2, 0.25) is 11.1 Å². The summed E-state index contributed by atoms with van der Waals surface area (Å²) in [7, 11) is 0. The second-order valence-corrected chi connectivity index (χ2v) is 4.46. The molecule has 1 aliphatic heterocycles. The van der Waals surface area contributed by atoms with Gasteiger partial charge in [-0.3, -0.25) is 9.59 Å². The molecule has 0 aliphatic carbocycles. The second kappa shape index (κ2) is 6.11. The van der Waals surface area contributed by atoms with Crippen molar-refractivity contribution in [2.24, 2.45) is 5.92 Å². The van der Waals surface area contributed by atoms with Gasteiger partial charge in [0, 0.05) is 19.5 Å². The van der Waals surface area contributed by atoms with Crippen molar-refractivity contribution in [1.82, 2.24) is 4.90 Å². The zero-order valence-electron chi connectivity index (χ0n) is 9.17. The molecule has 15 heavy (non-hydrogen) atoms. The molecule has 0 bridgehead atoms. The molecule has 4 heteroatoms. The monoisotopic (exact) mass is 231 g/mol. The van der Waals surface area contributed by atoms with Crippen LogP contribution in [0.4, 0.5) is 0 Å². The largest absolute Gasteiger partial charge is 0.342 e. The molecule has 1 atom stereocenters. The molecule has 1 saturated heterocycles. The topological polar surface area (TPSA) is 37.4 Å². The first-order chi connectivity index (χ1) is 7.15. The molecule has 3 nitrogen and oxygen atoms in total. The van der Waals surface area contributed by atoms with Crippen molar-refractivity contribution >= 4 is 22.8 Å². The Morgan fingerprint density at radius 2 is 2.20 bits per heavy atom. The molecule has 1 heterocycles. The SMILES string of the molecule is CCCCC(=O)N1CCCC(C(=O)Cl)C1. The van der Waals surface area contributed by atoms with E-state index in [1.54, 1.807) is 4.90 Å². The van der Waals surface area contributed by atoms with Gasteiger partial charge in [-0.25, -0.2) is 0 Å². The van der Waals surface area contributed by atoms with Crippen LogP contribution in [-0.4, -0.2) is 29.1 Å². The molecule has 86 valence electrons. The molecule has 1 aliphatic rings.